The fourth-order valence-corrected chi connectivity index (χ4v) is 4.71. The maximum Gasteiger partial charge on any atom is 0.410 e. The number of piperazine rings is 1. The van der Waals surface area contributed by atoms with Gasteiger partial charge < -0.3 is 9.64 Å². The van der Waals surface area contributed by atoms with E-state index in [1.807, 2.05) is 62.1 Å². The Balaban J connectivity index is 1.72. The molecule has 0 saturated carbocycles. The van der Waals surface area contributed by atoms with Crippen molar-refractivity contribution < 1.29 is 9.53 Å². The quantitative estimate of drug-likeness (QED) is 0.423. The summed E-state index contributed by atoms with van der Waals surface area (Å²) in [7, 11) is 0. The van der Waals surface area contributed by atoms with Gasteiger partial charge in [-0.1, -0.05) is 78.3 Å². The number of carbonyl (C=O) groups is 1. The summed E-state index contributed by atoms with van der Waals surface area (Å²) in [5.41, 5.74) is 2.62. The second kappa shape index (κ2) is 10.6. The molecular formula is C28H32ClN3O2. The minimum atomic E-state index is -0.570. The minimum absolute atomic E-state index is 0.147. The van der Waals surface area contributed by atoms with E-state index in [1.54, 1.807) is 6.07 Å². The van der Waals surface area contributed by atoms with Crippen molar-refractivity contribution in [3.63, 3.8) is 0 Å². The average Bonchev–Trinajstić information content (AvgIpc) is 2.80. The Kier molecular flexibility index (Phi) is 7.54. The third-order valence-electron chi connectivity index (χ3n) is 5.98. The van der Waals surface area contributed by atoms with Crippen molar-refractivity contribution in [2.75, 3.05) is 19.6 Å². The molecule has 0 spiro atoms. The number of ether oxygens (including phenoxy) is 1. The minimum Gasteiger partial charge on any atom is -0.444 e. The summed E-state index contributed by atoms with van der Waals surface area (Å²) in [6, 6.07) is 26.2. The predicted molar refractivity (Wildman–Crippen MR) is 136 cm³/mol. The third kappa shape index (κ3) is 6.16. The lowest BCUT2D eigenvalue weighted by molar-refractivity contribution is -0.00529. The number of hydrogen-bond acceptors (Lipinski definition) is 4. The van der Waals surface area contributed by atoms with Crippen molar-refractivity contribution in [3.8, 4) is 0 Å². The molecule has 1 amide bonds. The van der Waals surface area contributed by atoms with Gasteiger partial charge in [0.1, 0.15) is 10.8 Å². The Hall–Kier alpha value is -2.89. The third-order valence-corrected chi connectivity index (χ3v) is 6.19. The van der Waals surface area contributed by atoms with Crippen LogP contribution < -0.4 is 0 Å². The van der Waals surface area contributed by atoms with Gasteiger partial charge in [-0.05, 0) is 44.0 Å². The Morgan fingerprint density at radius 2 is 1.68 bits per heavy atom. The summed E-state index contributed by atoms with van der Waals surface area (Å²) in [4.78, 5) is 22.3. The highest BCUT2D eigenvalue weighted by molar-refractivity contribution is 6.29. The van der Waals surface area contributed by atoms with E-state index in [0.717, 1.165) is 24.3 Å². The molecule has 34 heavy (non-hydrogen) atoms. The highest BCUT2D eigenvalue weighted by atomic mass is 35.5. The van der Waals surface area contributed by atoms with Crippen molar-refractivity contribution in [1.82, 2.24) is 14.8 Å². The van der Waals surface area contributed by atoms with Crippen molar-refractivity contribution in [2.24, 2.45) is 0 Å². The zero-order chi connectivity index (χ0) is 24.1. The molecule has 0 aliphatic carbocycles. The van der Waals surface area contributed by atoms with E-state index in [-0.39, 0.29) is 18.1 Å². The van der Waals surface area contributed by atoms with Crippen LogP contribution in [0, 0.1) is 0 Å². The van der Waals surface area contributed by atoms with Gasteiger partial charge in [-0.25, -0.2) is 9.78 Å². The van der Waals surface area contributed by atoms with E-state index < -0.39 is 5.60 Å². The Bertz CT molecular complexity index is 1090. The van der Waals surface area contributed by atoms with Gasteiger partial charge in [0.15, 0.2) is 0 Å². The summed E-state index contributed by atoms with van der Waals surface area (Å²) < 4.78 is 5.83. The Labute approximate surface area is 207 Å². The van der Waals surface area contributed by atoms with Crippen LogP contribution in [0.3, 0.4) is 0 Å². The number of benzene rings is 2. The SMILES string of the molecule is CC(C)(C)OC(=O)N1CCN(Cc2ccccc2)C[C@H]1C(c1ccccc1)c1cccc(Cl)n1. The molecule has 3 aromatic rings. The summed E-state index contributed by atoms with van der Waals surface area (Å²) >= 11 is 6.31. The Morgan fingerprint density at radius 3 is 2.32 bits per heavy atom. The van der Waals surface area contributed by atoms with Gasteiger partial charge in [-0.15, -0.1) is 0 Å². The van der Waals surface area contributed by atoms with E-state index >= 15 is 0 Å². The smallest absolute Gasteiger partial charge is 0.410 e. The van der Waals surface area contributed by atoms with Gasteiger partial charge in [0.05, 0.1) is 11.7 Å². The fourth-order valence-electron chi connectivity index (χ4n) is 4.53. The molecule has 4 rings (SSSR count). The van der Waals surface area contributed by atoms with Gasteiger partial charge in [0.25, 0.3) is 0 Å². The highest BCUT2D eigenvalue weighted by Gasteiger charge is 2.39. The van der Waals surface area contributed by atoms with E-state index in [0.29, 0.717) is 18.2 Å². The molecule has 0 radical (unpaired) electrons. The van der Waals surface area contributed by atoms with Gasteiger partial charge in [-0.2, -0.15) is 0 Å². The Morgan fingerprint density at radius 1 is 1.00 bits per heavy atom. The molecule has 1 aromatic heterocycles. The summed E-state index contributed by atoms with van der Waals surface area (Å²) in [6.07, 6.45) is -0.292. The molecule has 2 atom stereocenters. The van der Waals surface area contributed by atoms with E-state index in [4.69, 9.17) is 16.3 Å². The first-order chi connectivity index (χ1) is 16.3. The fraction of sp³-hybridized carbons (Fsp3) is 0.357. The zero-order valence-corrected chi connectivity index (χ0v) is 20.8. The number of carbonyl (C=O) groups excluding carboxylic acids is 1. The zero-order valence-electron chi connectivity index (χ0n) is 20.0. The number of aromatic nitrogens is 1. The lowest BCUT2D eigenvalue weighted by Crippen LogP contribution is -2.58. The number of rotatable bonds is 5. The molecule has 0 bridgehead atoms. The van der Waals surface area contributed by atoms with Crippen molar-refractivity contribution in [2.45, 2.75) is 44.9 Å². The second-order valence-corrected chi connectivity index (χ2v) is 10.1. The van der Waals surface area contributed by atoms with Crippen LogP contribution in [0.4, 0.5) is 4.79 Å². The standard InChI is InChI=1S/C28H32ClN3O2/c1-28(2,3)34-27(33)32-18-17-31(19-21-11-6-4-7-12-21)20-24(32)26(22-13-8-5-9-14-22)23-15-10-16-25(29)30-23/h4-16,24,26H,17-20H2,1-3H3/t24-,26?/m0/s1. The molecule has 5 nitrogen and oxygen atoms in total. The summed E-state index contributed by atoms with van der Waals surface area (Å²) in [5.74, 6) is -0.147. The van der Waals surface area contributed by atoms with E-state index in [1.165, 1.54) is 5.56 Å². The highest BCUT2D eigenvalue weighted by Crippen LogP contribution is 2.34. The number of pyridine rings is 1. The maximum absolute atomic E-state index is 13.4. The number of hydrogen-bond donors (Lipinski definition) is 0. The van der Waals surface area contributed by atoms with Crippen LogP contribution in [0.2, 0.25) is 5.15 Å². The maximum atomic E-state index is 13.4. The van der Waals surface area contributed by atoms with Gasteiger partial charge in [0.2, 0.25) is 0 Å². The van der Waals surface area contributed by atoms with Crippen LogP contribution >= 0.6 is 11.6 Å². The van der Waals surface area contributed by atoms with Gasteiger partial charge in [0, 0.05) is 32.1 Å². The van der Waals surface area contributed by atoms with Crippen LogP contribution in [0.5, 0.6) is 0 Å². The molecular weight excluding hydrogens is 446 g/mol. The first-order valence-electron chi connectivity index (χ1n) is 11.7. The first-order valence-corrected chi connectivity index (χ1v) is 12.1. The largest absolute Gasteiger partial charge is 0.444 e. The second-order valence-electron chi connectivity index (χ2n) is 9.74. The number of amides is 1. The predicted octanol–water partition coefficient (Wildman–Crippen LogP) is 5.99. The lowest BCUT2D eigenvalue weighted by atomic mass is 9.85. The van der Waals surface area contributed by atoms with Gasteiger partial charge in [-0.3, -0.25) is 4.90 Å². The molecule has 2 aromatic carbocycles. The summed E-state index contributed by atoms with van der Waals surface area (Å²) in [6.45, 7) is 8.58. The number of halogens is 1. The lowest BCUT2D eigenvalue weighted by Gasteiger charge is -2.45. The molecule has 1 unspecified atom stereocenters. The molecule has 2 heterocycles. The summed E-state index contributed by atoms with van der Waals surface area (Å²) in [5, 5.41) is 0.444. The van der Waals surface area contributed by atoms with Crippen molar-refractivity contribution in [1.29, 1.82) is 0 Å². The van der Waals surface area contributed by atoms with Crippen LogP contribution in [0.25, 0.3) is 0 Å². The molecule has 0 N–H and O–H groups in total. The van der Waals surface area contributed by atoms with E-state index in [2.05, 4.69) is 46.3 Å². The van der Waals surface area contributed by atoms with Gasteiger partial charge >= 0.3 is 6.09 Å². The van der Waals surface area contributed by atoms with Crippen LogP contribution in [-0.4, -0.2) is 52.2 Å². The topological polar surface area (TPSA) is 45.7 Å². The first kappa shape index (κ1) is 24.2. The van der Waals surface area contributed by atoms with Crippen LogP contribution in [-0.2, 0) is 11.3 Å². The molecule has 178 valence electrons. The molecule has 1 aliphatic heterocycles. The van der Waals surface area contributed by atoms with Crippen LogP contribution in [0.1, 0.15) is 43.5 Å². The van der Waals surface area contributed by atoms with Crippen LogP contribution in [0.15, 0.2) is 78.9 Å². The van der Waals surface area contributed by atoms with E-state index in [9.17, 15) is 4.79 Å². The molecule has 1 saturated heterocycles. The van der Waals surface area contributed by atoms with Crippen molar-refractivity contribution >= 4 is 17.7 Å². The number of nitrogens with zero attached hydrogens (tertiary/aromatic N) is 3. The molecule has 1 aliphatic rings. The normalized spacial score (nSPS) is 17.9. The average molecular weight is 478 g/mol. The van der Waals surface area contributed by atoms with Crippen molar-refractivity contribution in [3.05, 3.63) is 101 Å². The molecule has 6 heteroatoms. The monoisotopic (exact) mass is 477 g/mol. The molecule has 1 fully saturated rings.